The molecule has 0 aliphatic carbocycles. The normalized spacial score (nSPS) is 10.5. The highest BCUT2D eigenvalue weighted by Gasteiger charge is 1.98. The van der Waals surface area contributed by atoms with E-state index in [9.17, 15) is 0 Å². The van der Waals surface area contributed by atoms with Gasteiger partial charge in [-0.1, -0.05) is 13.3 Å². The second-order valence-electron chi connectivity index (χ2n) is 3.03. The molecule has 3 N–H and O–H groups in total. The fourth-order valence-electron chi connectivity index (χ4n) is 1.22. The molecule has 0 aliphatic rings. The summed E-state index contributed by atoms with van der Waals surface area (Å²) in [4.78, 5) is 0. The smallest absolute Gasteiger partial charge is 0.0625 e. The maximum absolute atomic E-state index is 5.40. The first kappa shape index (κ1) is 9.26. The molecule has 0 saturated heterocycles. The van der Waals surface area contributed by atoms with Gasteiger partial charge in [-0.05, 0) is 31.9 Å². The zero-order chi connectivity index (χ0) is 8.81. The van der Waals surface area contributed by atoms with Crippen LogP contribution < -0.4 is 5.73 Å². The van der Waals surface area contributed by atoms with Crippen LogP contribution in [0.3, 0.4) is 0 Å². The molecule has 0 bridgehead atoms. The van der Waals surface area contributed by atoms with Gasteiger partial charge in [0.2, 0.25) is 0 Å². The van der Waals surface area contributed by atoms with E-state index in [-0.39, 0.29) is 0 Å². The molecule has 0 unspecified atom stereocenters. The van der Waals surface area contributed by atoms with Gasteiger partial charge in [-0.3, -0.25) is 5.10 Å². The lowest BCUT2D eigenvalue weighted by molar-refractivity contribution is 0.800. The van der Waals surface area contributed by atoms with Gasteiger partial charge in [-0.15, -0.1) is 0 Å². The third kappa shape index (κ3) is 2.66. The van der Waals surface area contributed by atoms with E-state index >= 15 is 0 Å². The van der Waals surface area contributed by atoms with Crippen LogP contribution in [0, 0.1) is 0 Å². The standard InChI is InChI=1S/C9H17N3/c1-2-4-8-7-9(12-11-8)5-3-6-10/h7H,2-6,10H2,1H3,(H,11,12). The first-order valence-corrected chi connectivity index (χ1v) is 4.60. The van der Waals surface area contributed by atoms with Crippen LogP contribution in [0.4, 0.5) is 0 Å². The van der Waals surface area contributed by atoms with Gasteiger partial charge < -0.3 is 5.73 Å². The highest BCUT2D eigenvalue weighted by atomic mass is 15.1. The van der Waals surface area contributed by atoms with Gasteiger partial charge in [-0.25, -0.2) is 0 Å². The van der Waals surface area contributed by atoms with Gasteiger partial charge in [0.25, 0.3) is 0 Å². The summed E-state index contributed by atoms with van der Waals surface area (Å²) < 4.78 is 0. The zero-order valence-electron chi connectivity index (χ0n) is 7.64. The summed E-state index contributed by atoms with van der Waals surface area (Å²) >= 11 is 0. The fourth-order valence-corrected chi connectivity index (χ4v) is 1.22. The number of nitrogens with one attached hydrogen (secondary N) is 1. The van der Waals surface area contributed by atoms with Gasteiger partial charge in [0.15, 0.2) is 0 Å². The lowest BCUT2D eigenvalue weighted by Crippen LogP contribution is -2.00. The Bertz CT molecular complexity index is 217. The fraction of sp³-hybridized carbons (Fsp3) is 0.667. The van der Waals surface area contributed by atoms with Crippen molar-refractivity contribution < 1.29 is 0 Å². The first-order valence-electron chi connectivity index (χ1n) is 4.60. The zero-order valence-corrected chi connectivity index (χ0v) is 7.64. The molecule has 68 valence electrons. The highest BCUT2D eigenvalue weighted by Crippen LogP contribution is 2.03. The van der Waals surface area contributed by atoms with Crippen LogP contribution in [0.2, 0.25) is 0 Å². The van der Waals surface area contributed by atoms with Crippen LogP contribution in [0.1, 0.15) is 31.2 Å². The second kappa shape index (κ2) is 4.93. The molecule has 3 nitrogen and oxygen atoms in total. The number of aromatic nitrogens is 2. The number of nitrogens with two attached hydrogens (primary N) is 1. The second-order valence-corrected chi connectivity index (χ2v) is 3.03. The molecule has 0 spiro atoms. The topological polar surface area (TPSA) is 54.7 Å². The summed E-state index contributed by atoms with van der Waals surface area (Å²) in [5, 5.41) is 7.22. The molecule has 0 saturated carbocycles. The average molecular weight is 167 g/mol. The summed E-state index contributed by atoms with van der Waals surface area (Å²) in [5.74, 6) is 0. The van der Waals surface area contributed by atoms with Crippen LogP contribution in [0.15, 0.2) is 6.07 Å². The van der Waals surface area contributed by atoms with Crippen LogP contribution in [-0.4, -0.2) is 16.7 Å². The quantitative estimate of drug-likeness (QED) is 0.693. The molecule has 0 atom stereocenters. The maximum Gasteiger partial charge on any atom is 0.0625 e. The average Bonchev–Trinajstić information content (AvgIpc) is 2.50. The molecule has 12 heavy (non-hydrogen) atoms. The molecule has 1 rings (SSSR count). The van der Waals surface area contributed by atoms with E-state index in [0.717, 1.165) is 31.5 Å². The largest absolute Gasteiger partial charge is 0.330 e. The van der Waals surface area contributed by atoms with Crippen molar-refractivity contribution in [3.63, 3.8) is 0 Å². The Hall–Kier alpha value is -0.830. The lowest BCUT2D eigenvalue weighted by atomic mass is 10.2. The SMILES string of the molecule is CCCc1cc(CCCN)n[nH]1. The molecule has 1 aromatic rings. The lowest BCUT2D eigenvalue weighted by Gasteiger charge is -1.90. The van der Waals surface area contributed by atoms with Gasteiger partial charge in [0.1, 0.15) is 0 Å². The van der Waals surface area contributed by atoms with E-state index < -0.39 is 0 Å². The highest BCUT2D eigenvalue weighted by molar-refractivity contribution is 5.08. The van der Waals surface area contributed by atoms with Gasteiger partial charge in [0.05, 0.1) is 5.69 Å². The number of rotatable bonds is 5. The molecule has 0 aromatic carbocycles. The predicted octanol–water partition coefficient (Wildman–Crippen LogP) is 1.25. The van der Waals surface area contributed by atoms with Crippen molar-refractivity contribution in [3.05, 3.63) is 17.5 Å². The van der Waals surface area contributed by atoms with Crippen LogP contribution in [0.5, 0.6) is 0 Å². The van der Waals surface area contributed by atoms with Crippen molar-refractivity contribution in [2.24, 2.45) is 5.73 Å². The van der Waals surface area contributed by atoms with E-state index in [1.165, 1.54) is 12.1 Å². The number of aryl methyl sites for hydroxylation is 2. The molecule has 0 fully saturated rings. The molecular formula is C9H17N3. The van der Waals surface area contributed by atoms with Crippen molar-refractivity contribution in [1.29, 1.82) is 0 Å². The minimum Gasteiger partial charge on any atom is -0.330 e. The molecule has 3 heteroatoms. The molecular weight excluding hydrogens is 150 g/mol. The van der Waals surface area contributed by atoms with Crippen molar-refractivity contribution in [1.82, 2.24) is 10.2 Å². The number of hydrogen-bond acceptors (Lipinski definition) is 2. The molecule has 0 aliphatic heterocycles. The predicted molar refractivity (Wildman–Crippen MR) is 50.0 cm³/mol. The first-order chi connectivity index (χ1) is 5.86. The third-order valence-electron chi connectivity index (χ3n) is 1.84. The number of aromatic amines is 1. The van der Waals surface area contributed by atoms with Gasteiger partial charge >= 0.3 is 0 Å². The Morgan fingerprint density at radius 1 is 1.50 bits per heavy atom. The van der Waals surface area contributed by atoms with E-state index in [4.69, 9.17) is 5.73 Å². The van der Waals surface area contributed by atoms with Crippen LogP contribution in [-0.2, 0) is 12.8 Å². The summed E-state index contributed by atoms with van der Waals surface area (Å²) in [6, 6.07) is 2.14. The van der Waals surface area contributed by atoms with Crippen molar-refractivity contribution in [2.75, 3.05) is 6.54 Å². The summed E-state index contributed by atoms with van der Waals surface area (Å²) in [6.45, 7) is 2.91. The minimum atomic E-state index is 0.746. The van der Waals surface area contributed by atoms with E-state index in [1.54, 1.807) is 0 Å². The molecule has 0 amide bonds. The minimum absolute atomic E-state index is 0.746. The van der Waals surface area contributed by atoms with Gasteiger partial charge in [-0.2, -0.15) is 5.10 Å². The third-order valence-corrected chi connectivity index (χ3v) is 1.84. The summed E-state index contributed by atoms with van der Waals surface area (Å²) in [6.07, 6.45) is 4.28. The number of nitrogens with zero attached hydrogens (tertiary/aromatic N) is 1. The maximum atomic E-state index is 5.40. The van der Waals surface area contributed by atoms with E-state index in [0.29, 0.717) is 0 Å². The Morgan fingerprint density at radius 3 is 3.00 bits per heavy atom. The Kier molecular flexibility index (Phi) is 3.80. The van der Waals surface area contributed by atoms with Crippen molar-refractivity contribution in [3.8, 4) is 0 Å². The van der Waals surface area contributed by atoms with Gasteiger partial charge in [0, 0.05) is 5.69 Å². The number of H-pyrrole nitrogens is 1. The van der Waals surface area contributed by atoms with Crippen molar-refractivity contribution >= 4 is 0 Å². The molecule has 0 radical (unpaired) electrons. The van der Waals surface area contributed by atoms with E-state index in [1.807, 2.05) is 0 Å². The Morgan fingerprint density at radius 2 is 2.33 bits per heavy atom. The Labute approximate surface area is 73.4 Å². The molecule has 1 aromatic heterocycles. The number of hydrogen-bond donors (Lipinski definition) is 2. The Balaban J connectivity index is 2.41. The summed E-state index contributed by atoms with van der Waals surface area (Å²) in [7, 11) is 0. The van der Waals surface area contributed by atoms with Crippen LogP contribution in [0.25, 0.3) is 0 Å². The van der Waals surface area contributed by atoms with Crippen LogP contribution >= 0.6 is 0 Å². The molecule has 1 heterocycles. The van der Waals surface area contributed by atoms with E-state index in [2.05, 4.69) is 23.2 Å². The monoisotopic (exact) mass is 167 g/mol. The van der Waals surface area contributed by atoms with Crippen molar-refractivity contribution in [2.45, 2.75) is 32.6 Å². The summed E-state index contributed by atoms with van der Waals surface area (Å²) in [5.41, 5.74) is 7.79.